The lowest BCUT2D eigenvalue weighted by molar-refractivity contribution is -0.150. The van der Waals surface area contributed by atoms with Crippen molar-refractivity contribution in [2.24, 2.45) is 5.41 Å². The van der Waals surface area contributed by atoms with Crippen LogP contribution in [0.15, 0.2) is 48.5 Å². The number of carboxylic acid groups (broad SMARTS) is 1. The second kappa shape index (κ2) is 7.65. The minimum atomic E-state index is -1.25. The van der Waals surface area contributed by atoms with E-state index in [1.165, 1.54) is 4.90 Å². The molecule has 1 amide bonds. The van der Waals surface area contributed by atoms with Gasteiger partial charge in [0.2, 0.25) is 0 Å². The van der Waals surface area contributed by atoms with Crippen molar-refractivity contribution >= 4 is 23.8 Å². The summed E-state index contributed by atoms with van der Waals surface area (Å²) in [5.74, 6) is 0.221. The van der Waals surface area contributed by atoms with Gasteiger partial charge in [-0.15, -0.1) is 0 Å². The molecule has 1 heterocycles. The number of hydrogen-bond donors (Lipinski definition) is 1. The predicted octanol–water partition coefficient (Wildman–Crippen LogP) is 4.85. The average Bonchev–Trinajstić information content (AvgIpc) is 3.04. The Morgan fingerprint density at radius 3 is 2.17 bits per heavy atom. The lowest BCUT2D eigenvalue weighted by atomic mass is 9.79. The number of fused-ring (bicyclic) bond motifs is 3. The summed E-state index contributed by atoms with van der Waals surface area (Å²) in [7, 11) is 1.55. The van der Waals surface area contributed by atoms with Crippen LogP contribution < -0.4 is 0 Å². The third-order valence-electron chi connectivity index (χ3n) is 6.25. The topological polar surface area (TPSA) is 66.8 Å². The summed E-state index contributed by atoms with van der Waals surface area (Å²) in [5.41, 5.74) is 3.17. The summed E-state index contributed by atoms with van der Waals surface area (Å²) in [5, 5.41) is 10.0. The maximum Gasteiger partial charge on any atom is 0.410 e. The van der Waals surface area contributed by atoms with Gasteiger partial charge in [-0.2, -0.15) is 11.8 Å². The van der Waals surface area contributed by atoms with Crippen molar-refractivity contribution in [2.45, 2.75) is 31.7 Å². The van der Waals surface area contributed by atoms with Gasteiger partial charge in [0.15, 0.2) is 5.54 Å². The highest BCUT2D eigenvalue weighted by Gasteiger charge is 2.51. The third kappa shape index (κ3) is 3.47. The Labute approximate surface area is 181 Å². The summed E-state index contributed by atoms with van der Waals surface area (Å²) in [4.78, 5) is 26.5. The third-order valence-corrected chi connectivity index (χ3v) is 7.92. The normalized spacial score (nSPS) is 22.1. The van der Waals surface area contributed by atoms with Gasteiger partial charge in [-0.25, -0.2) is 9.59 Å². The number of carbonyl (C=O) groups is 2. The standard InChI is InChI=1S/C24H27NO4S/c1-23(2)13-24(21(26)27,15-30-14-23)25(3)22(28)29-12-20-18-10-6-4-8-16(18)17-9-5-7-11-19(17)20/h4-11,20H,12-15H2,1-3H3,(H,26,27). The molecule has 4 rings (SSSR count). The molecule has 30 heavy (non-hydrogen) atoms. The molecule has 1 fully saturated rings. The number of aliphatic carboxylic acids is 1. The largest absolute Gasteiger partial charge is 0.479 e. The SMILES string of the molecule is CN(C(=O)OCC1c2ccccc2-c2ccccc21)C1(C(=O)O)CSCC(C)(C)C1. The molecule has 0 saturated carbocycles. The first-order chi connectivity index (χ1) is 14.3. The first kappa shape index (κ1) is 20.8. The zero-order valence-corrected chi connectivity index (χ0v) is 18.4. The summed E-state index contributed by atoms with van der Waals surface area (Å²) < 4.78 is 5.71. The fraction of sp³-hybridized carbons (Fsp3) is 0.417. The van der Waals surface area contributed by atoms with Crippen LogP contribution in [0.5, 0.6) is 0 Å². The maximum absolute atomic E-state index is 13.0. The van der Waals surface area contributed by atoms with Gasteiger partial charge < -0.3 is 9.84 Å². The van der Waals surface area contributed by atoms with Crippen molar-refractivity contribution in [3.8, 4) is 11.1 Å². The van der Waals surface area contributed by atoms with Crippen LogP contribution in [0.1, 0.15) is 37.3 Å². The van der Waals surface area contributed by atoms with Gasteiger partial charge in [-0.3, -0.25) is 4.90 Å². The Balaban J connectivity index is 1.54. The van der Waals surface area contributed by atoms with Crippen molar-refractivity contribution in [3.05, 3.63) is 59.7 Å². The number of carbonyl (C=O) groups excluding carboxylic acids is 1. The van der Waals surface area contributed by atoms with Crippen LogP contribution >= 0.6 is 11.8 Å². The minimum Gasteiger partial charge on any atom is -0.479 e. The molecule has 1 unspecified atom stereocenters. The second-order valence-electron chi connectivity index (χ2n) is 9.03. The molecule has 1 aliphatic carbocycles. The van der Waals surface area contributed by atoms with E-state index in [0.717, 1.165) is 28.0 Å². The fourth-order valence-electron chi connectivity index (χ4n) is 4.75. The van der Waals surface area contributed by atoms with E-state index in [1.807, 2.05) is 38.1 Å². The molecule has 1 atom stereocenters. The number of ether oxygens (including phenoxy) is 1. The Morgan fingerprint density at radius 2 is 1.63 bits per heavy atom. The highest BCUT2D eigenvalue weighted by molar-refractivity contribution is 7.99. The van der Waals surface area contributed by atoms with Crippen LogP contribution in [0.4, 0.5) is 4.79 Å². The molecule has 0 radical (unpaired) electrons. The van der Waals surface area contributed by atoms with E-state index in [1.54, 1.807) is 18.8 Å². The molecule has 1 saturated heterocycles. The highest BCUT2D eigenvalue weighted by Crippen LogP contribution is 2.45. The summed E-state index contributed by atoms with van der Waals surface area (Å²) >= 11 is 1.58. The monoisotopic (exact) mass is 425 g/mol. The number of thioether (sulfide) groups is 1. The number of benzene rings is 2. The van der Waals surface area contributed by atoms with E-state index in [9.17, 15) is 14.7 Å². The first-order valence-corrected chi connectivity index (χ1v) is 11.3. The molecular formula is C24H27NO4S. The Morgan fingerprint density at radius 1 is 1.07 bits per heavy atom. The molecule has 2 aromatic carbocycles. The van der Waals surface area contributed by atoms with Crippen LogP contribution in [0.25, 0.3) is 11.1 Å². The summed E-state index contributed by atoms with van der Waals surface area (Å²) in [6.45, 7) is 4.27. The number of hydrogen-bond acceptors (Lipinski definition) is 4. The van der Waals surface area contributed by atoms with Crippen molar-refractivity contribution in [3.63, 3.8) is 0 Å². The van der Waals surface area contributed by atoms with E-state index in [-0.39, 0.29) is 17.9 Å². The molecule has 1 N–H and O–H groups in total. The Bertz CT molecular complexity index is 943. The molecule has 0 spiro atoms. The maximum atomic E-state index is 13.0. The molecule has 6 heteroatoms. The number of likely N-dealkylation sites (N-methyl/N-ethyl adjacent to an activating group) is 1. The zero-order valence-electron chi connectivity index (χ0n) is 17.6. The first-order valence-electron chi connectivity index (χ1n) is 10.2. The van der Waals surface area contributed by atoms with Gasteiger partial charge in [0, 0.05) is 18.7 Å². The van der Waals surface area contributed by atoms with Crippen LogP contribution in [0.2, 0.25) is 0 Å². The molecule has 2 aromatic rings. The molecule has 0 aromatic heterocycles. The molecule has 0 bridgehead atoms. The minimum absolute atomic E-state index is 0.0484. The second-order valence-corrected chi connectivity index (χ2v) is 10.0. The van der Waals surface area contributed by atoms with Crippen LogP contribution in [0, 0.1) is 5.41 Å². The van der Waals surface area contributed by atoms with Gasteiger partial charge >= 0.3 is 12.1 Å². The van der Waals surface area contributed by atoms with Gasteiger partial charge in [-0.1, -0.05) is 62.4 Å². The average molecular weight is 426 g/mol. The highest BCUT2D eigenvalue weighted by atomic mass is 32.2. The van der Waals surface area contributed by atoms with Crippen molar-refractivity contribution in [1.29, 1.82) is 0 Å². The molecule has 5 nitrogen and oxygen atoms in total. The fourth-order valence-corrected chi connectivity index (χ4v) is 6.27. The quantitative estimate of drug-likeness (QED) is 0.758. The van der Waals surface area contributed by atoms with Gasteiger partial charge in [0.1, 0.15) is 6.61 Å². The van der Waals surface area contributed by atoms with Gasteiger partial charge in [0.25, 0.3) is 0 Å². The van der Waals surface area contributed by atoms with Crippen molar-refractivity contribution in [2.75, 3.05) is 25.2 Å². The van der Waals surface area contributed by atoms with Gasteiger partial charge in [0.05, 0.1) is 0 Å². The smallest absolute Gasteiger partial charge is 0.410 e. The van der Waals surface area contributed by atoms with Gasteiger partial charge in [-0.05, 0) is 39.8 Å². The zero-order chi connectivity index (χ0) is 21.5. The molecular weight excluding hydrogens is 398 g/mol. The number of rotatable bonds is 4. The number of nitrogens with zero attached hydrogens (tertiary/aromatic N) is 1. The van der Waals surface area contributed by atoms with E-state index in [0.29, 0.717) is 12.2 Å². The number of carboxylic acids is 1. The van der Waals surface area contributed by atoms with E-state index >= 15 is 0 Å². The lowest BCUT2D eigenvalue weighted by Crippen LogP contribution is -2.61. The Kier molecular flexibility index (Phi) is 5.30. The van der Waals surface area contributed by atoms with E-state index < -0.39 is 17.6 Å². The van der Waals surface area contributed by atoms with Crippen LogP contribution in [-0.2, 0) is 9.53 Å². The van der Waals surface area contributed by atoms with Crippen molar-refractivity contribution in [1.82, 2.24) is 4.90 Å². The lowest BCUT2D eigenvalue weighted by Gasteiger charge is -2.46. The van der Waals surface area contributed by atoms with Crippen molar-refractivity contribution < 1.29 is 19.4 Å². The summed E-state index contributed by atoms with van der Waals surface area (Å²) in [6.07, 6.45) is -0.180. The van der Waals surface area contributed by atoms with E-state index in [2.05, 4.69) is 24.3 Å². The molecule has 158 valence electrons. The molecule has 2 aliphatic rings. The van der Waals surface area contributed by atoms with E-state index in [4.69, 9.17) is 4.74 Å². The molecule has 1 aliphatic heterocycles. The van der Waals surface area contributed by atoms with Crippen LogP contribution in [-0.4, -0.2) is 52.8 Å². The van der Waals surface area contributed by atoms with Crippen LogP contribution in [0.3, 0.4) is 0 Å². The summed E-state index contributed by atoms with van der Waals surface area (Å²) in [6, 6.07) is 16.3. The predicted molar refractivity (Wildman–Crippen MR) is 119 cm³/mol. The Hall–Kier alpha value is -2.47. The number of amides is 1.